The molecule has 9 nitrogen and oxygen atoms in total. The number of nitrogens with one attached hydrogen (secondary N) is 1. The van der Waals surface area contributed by atoms with Crippen molar-refractivity contribution in [3.63, 3.8) is 0 Å². The number of pyridine rings is 1. The van der Waals surface area contributed by atoms with Gasteiger partial charge < -0.3 is 9.30 Å². The van der Waals surface area contributed by atoms with Crippen LogP contribution in [-0.4, -0.2) is 48.2 Å². The van der Waals surface area contributed by atoms with E-state index in [-0.39, 0.29) is 0 Å². The molecular formula is C28H27N7O2. The van der Waals surface area contributed by atoms with E-state index >= 15 is 0 Å². The molecule has 3 heterocycles. The van der Waals surface area contributed by atoms with Crippen molar-refractivity contribution in [2.75, 3.05) is 7.11 Å². The van der Waals surface area contributed by atoms with Crippen LogP contribution in [0, 0.1) is 0 Å². The SMILES string of the molecule is CCCCc1nc(-c2cncc(C(=O)OC)c2)cn1Cc1ccc(-c2ccc(-c3nn[nH]n3)cc2)cc1. The Morgan fingerprint density at radius 3 is 2.38 bits per heavy atom. The number of unbranched alkanes of at least 4 members (excludes halogenated alkanes) is 1. The van der Waals surface area contributed by atoms with Crippen molar-refractivity contribution < 1.29 is 9.53 Å². The van der Waals surface area contributed by atoms with E-state index in [0.29, 0.717) is 17.9 Å². The van der Waals surface area contributed by atoms with Crippen LogP contribution in [0.25, 0.3) is 33.8 Å². The van der Waals surface area contributed by atoms with Crippen molar-refractivity contribution in [1.29, 1.82) is 0 Å². The highest BCUT2D eigenvalue weighted by Crippen LogP contribution is 2.25. The lowest BCUT2D eigenvalue weighted by Gasteiger charge is -2.09. The molecule has 0 saturated carbocycles. The van der Waals surface area contributed by atoms with Gasteiger partial charge in [-0.05, 0) is 34.4 Å². The van der Waals surface area contributed by atoms with Gasteiger partial charge in [0.1, 0.15) is 5.82 Å². The second-order valence-corrected chi connectivity index (χ2v) is 8.74. The van der Waals surface area contributed by atoms with E-state index in [4.69, 9.17) is 9.72 Å². The summed E-state index contributed by atoms with van der Waals surface area (Å²) >= 11 is 0. The average Bonchev–Trinajstić information content (AvgIpc) is 3.63. The van der Waals surface area contributed by atoms with Crippen LogP contribution in [0.2, 0.25) is 0 Å². The van der Waals surface area contributed by atoms with Gasteiger partial charge in [0.15, 0.2) is 0 Å². The molecule has 5 aromatic rings. The summed E-state index contributed by atoms with van der Waals surface area (Å²) in [5, 5.41) is 14.1. The Hall–Kier alpha value is -4.66. The first-order valence-corrected chi connectivity index (χ1v) is 12.2. The van der Waals surface area contributed by atoms with E-state index < -0.39 is 5.97 Å². The molecule has 0 amide bonds. The Morgan fingerprint density at radius 2 is 1.70 bits per heavy atom. The normalized spacial score (nSPS) is 11.0. The number of hydrogen-bond acceptors (Lipinski definition) is 7. The summed E-state index contributed by atoms with van der Waals surface area (Å²) in [5.74, 6) is 1.18. The smallest absolute Gasteiger partial charge is 0.339 e. The molecule has 1 N–H and O–H groups in total. The Morgan fingerprint density at radius 1 is 0.973 bits per heavy atom. The van der Waals surface area contributed by atoms with Crippen LogP contribution in [0.4, 0.5) is 0 Å². The van der Waals surface area contributed by atoms with Crippen LogP contribution in [0.3, 0.4) is 0 Å². The molecule has 186 valence electrons. The van der Waals surface area contributed by atoms with E-state index in [1.54, 1.807) is 12.3 Å². The van der Waals surface area contributed by atoms with Crippen molar-refractivity contribution in [3.8, 4) is 33.8 Å². The fourth-order valence-electron chi connectivity index (χ4n) is 4.17. The summed E-state index contributed by atoms with van der Waals surface area (Å²) in [6, 6.07) is 18.4. The van der Waals surface area contributed by atoms with Gasteiger partial charge in [-0.3, -0.25) is 4.98 Å². The molecule has 0 aliphatic carbocycles. The van der Waals surface area contributed by atoms with Gasteiger partial charge in [0.2, 0.25) is 5.82 Å². The number of methoxy groups -OCH3 is 1. The van der Waals surface area contributed by atoms with Crippen LogP contribution in [0.1, 0.15) is 41.5 Å². The molecule has 0 aliphatic heterocycles. The predicted octanol–water partition coefficient (Wildman–Crippen LogP) is 4.97. The van der Waals surface area contributed by atoms with Crippen molar-refractivity contribution in [3.05, 3.63) is 90.1 Å². The maximum absolute atomic E-state index is 12.0. The number of carbonyl (C=O) groups is 1. The fraction of sp³-hybridized carbons (Fsp3) is 0.214. The first-order valence-electron chi connectivity index (χ1n) is 12.2. The number of aryl methyl sites for hydroxylation is 1. The van der Waals surface area contributed by atoms with Crippen LogP contribution < -0.4 is 0 Å². The van der Waals surface area contributed by atoms with E-state index in [9.17, 15) is 4.79 Å². The van der Waals surface area contributed by atoms with Gasteiger partial charge in [-0.2, -0.15) is 5.21 Å². The second-order valence-electron chi connectivity index (χ2n) is 8.74. The number of H-pyrrole nitrogens is 1. The molecule has 0 saturated heterocycles. The minimum absolute atomic E-state index is 0.408. The maximum atomic E-state index is 12.0. The Kier molecular flexibility index (Phi) is 7.12. The number of rotatable bonds is 9. The predicted molar refractivity (Wildman–Crippen MR) is 140 cm³/mol. The zero-order chi connectivity index (χ0) is 25.6. The van der Waals surface area contributed by atoms with Gasteiger partial charge in [-0.1, -0.05) is 61.9 Å². The molecule has 0 unspecified atom stereocenters. The lowest BCUT2D eigenvalue weighted by Crippen LogP contribution is -2.04. The van der Waals surface area contributed by atoms with Crippen molar-refractivity contribution >= 4 is 5.97 Å². The van der Waals surface area contributed by atoms with Crippen LogP contribution in [-0.2, 0) is 17.7 Å². The van der Waals surface area contributed by atoms with E-state index in [1.165, 1.54) is 18.9 Å². The molecule has 5 rings (SSSR count). The molecular weight excluding hydrogens is 466 g/mol. The fourth-order valence-corrected chi connectivity index (χ4v) is 4.17. The minimum atomic E-state index is -0.412. The standard InChI is InChI=1S/C28H27N7O2/c1-3-4-5-26-30-25(23-14-24(16-29-15-23)28(36)37-2)18-35(26)17-19-6-8-20(9-7-19)21-10-12-22(13-11-21)27-31-33-34-32-27/h6-16,18H,3-5,17H2,1-2H3,(H,31,32,33,34). The third kappa shape index (κ3) is 5.45. The number of carbonyl (C=O) groups excluding carboxylic acids is 1. The van der Waals surface area contributed by atoms with E-state index in [1.807, 2.05) is 18.3 Å². The molecule has 0 aliphatic rings. The Bertz CT molecular complexity index is 1470. The molecule has 0 bridgehead atoms. The monoisotopic (exact) mass is 493 g/mol. The van der Waals surface area contributed by atoms with Crippen LogP contribution in [0.15, 0.2) is 73.2 Å². The molecule has 3 aromatic heterocycles. The summed E-state index contributed by atoms with van der Waals surface area (Å²) < 4.78 is 7.02. The zero-order valence-electron chi connectivity index (χ0n) is 20.8. The summed E-state index contributed by atoms with van der Waals surface area (Å²) in [6.07, 6.45) is 8.28. The minimum Gasteiger partial charge on any atom is -0.465 e. The highest BCUT2D eigenvalue weighted by atomic mass is 16.5. The number of ether oxygens (including phenoxy) is 1. The first-order chi connectivity index (χ1) is 18.1. The van der Waals surface area contributed by atoms with Gasteiger partial charge >= 0.3 is 5.97 Å². The second kappa shape index (κ2) is 10.9. The van der Waals surface area contributed by atoms with Gasteiger partial charge in [0.25, 0.3) is 0 Å². The van der Waals surface area contributed by atoms with E-state index in [2.05, 4.69) is 73.5 Å². The number of esters is 1. The number of aromatic nitrogens is 7. The molecule has 9 heteroatoms. The van der Waals surface area contributed by atoms with Crippen molar-refractivity contribution in [2.45, 2.75) is 32.7 Å². The van der Waals surface area contributed by atoms with Crippen LogP contribution in [0.5, 0.6) is 0 Å². The Labute approximate surface area is 214 Å². The largest absolute Gasteiger partial charge is 0.465 e. The molecule has 0 spiro atoms. The van der Waals surface area contributed by atoms with Crippen LogP contribution >= 0.6 is 0 Å². The molecule has 0 radical (unpaired) electrons. The average molecular weight is 494 g/mol. The summed E-state index contributed by atoms with van der Waals surface area (Å²) in [7, 11) is 1.36. The van der Waals surface area contributed by atoms with E-state index in [0.717, 1.165) is 53.0 Å². The Balaban J connectivity index is 1.36. The number of hydrogen-bond donors (Lipinski definition) is 1. The highest BCUT2D eigenvalue weighted by molar-refractivity contribution is 5.90. The summed E-state index contributed by atoms with van der Waals surface area (Å²) in [6.45, 7) is 2.87. The topological polar surface area (TPSA) is 111 Å². The highest BCUT2D eigenvalue weighted by Gasteiger charge is 2.13. The summed E-state index contributed by atoms with van der Waals surface area (Å²) in [5.41, 5.74) is 6.33. The summed E-state index contributed by atoms with van der Waals surface area (Å²) in [4.78, 5) is 21.1. The van der Waals surface area contributed by atoms with Gasteiger partial charge in [-0.25, -0.2) is 9.78 Å². The lowest BCUT2D eigenvalue weighted by molar-refractivity contribution is 0.0600. The number of tetrazole rings is 1. The third-order valence-corrected chi connectivity index (χ3v) is 6.20. The van der Waals surface area contributed by atoms with Gasteiger partial charge in [-0.15, -0.1) is 10.2 Å². The van der Waals surface area contributed by atoms with Gasteiger partial charge in [0, 0.05) is 42.7 Å². The third-order valence-electron chi connectivity index (χ3n) is 6.20. The zero-order valence-corrected chi connectivity index (χ0v) is 20.8. The molecule has 0 atom stereocenters. The van der Waals surface area contributed by atoms with Crippen molar-refractivity contribution in [1.82, 2.24) is 35.2 Å². The molecule has 37 heavy (non-hydrogen) atoms. The van der Waals surface area contributed by atoms with Gasteiger partial charge in [0.05, 0.1) is 18.4 Å². The molecule has 2 aromatic carbocycles. The maximum Gasteiger partial charge on any atom is 0.339 e. The molecule has 0 fully saturated rings. The number of benzene rings is 2. The van der Waals surface area contributed by atoms with Crippen molar-refractivity contribution in [2.24, 2.45) is 0 Å². The first kappa shape index (κ1) is 24.1. The number of imidazole rings is 1. The quantitative estimate of drug-likeness (QED) is 0.289. The number of aromatic amines is 1. The number of nitrogens with zero attached hydrogens (tertiary/aromatic N) is 6. The lowest BCUT2D eigenvalue weighted by atomic mass is 10.0.